The summed E-state index contributed by atoms with van der Waals surface area (Å²) in [6, 6.07) is 18.1. The lowest BCUT2D eigenvalue weighted by Gasteiger charge is -2.17. The molecule has 8 nitrogen and oxygen atoms in total. The molecule has 4 rings (SSSR count). The lowest BCUT2D eigenvalue weighted by Crippen LogP contribution is -2.36. The Morgan fingerprint density at radius 1 is 1.00 bits per heavy atom. The van der Waals surface area contributed by atoms with Gasteiger partial charge in [0.15, 0.2) is 5.96 Å². The fourth-order valence-electron chi connectivity index (χ4n) is 3.92. The molecular weight excluding hydrogens is 541 g/mol. The molecule has 34 heavy (non-hydrogen) atoms. The fourth-order valence-corrected chi connectivity index (χ4v) is 3.92. The summed E-state index contributed by atoms with van der Waals surface area (Å²) in [5.74, 6) is 0.718. The van der Waals surface area contributed by atoms with E-state index in [0.717, 1.165) is 49.7 Å². The summed E-state index contributed by atoms with van der Waals surface area (Å²) in [6.07, 6.45) is 5.92. The lowest BCUT2D eigenvalue weighted by molar-refractivity contribution is 0.222. The maximum atomic E-state index is 12.4. The number of carbonyl (C=O) groups excluding carboxylic acids is 1. The molecule has 0 spiro atoms. The second-order valence-electron chi connectivity index (χ2n) is 8.08. The van der Waals surface area contributed by atoms with Crippen molar-refractivity contribution in [3.8, 4) is 0 Å². The van der Waals surface area contributed by atoms with Gasteiger partial charge in [-0.25, -0.2) is 4.79 Å². The van der Waals surface area contributed by atoms with Crippen LogP contribution in [-0.4, -0.2) is 46.8 Å². The molecule has 2 amide bonds. The number of amides is 2. The molecule has 0 aliphatic carbocycles. The summed E-state index contributed by atoms with van der Waals surface area (Å²) in [4.78, 5) is 18.6. The van der Waals surface area contributed by atoms with Crippen LogP contribution < -0.4 is 16.0 Å². The third-order valence-electron chi connectivity index (χ3n) is 5.71. The van der Waals surface area contributed by atoms with Crippen LogP contribution in [0, 0.1) is 0 Å². The van der Waals surface area contributed by atoms with Gasteiger partial charge in [-0.2, -0.15) is 5.10 Å². The number of aliphatic imine (C=N–C) groups is 1. The largest absolute Gasteiger partial charge is 0.352 e. The average Bonchev–Trinajstić information content (AvgIpc) is 3.55. The highest BCUT2D eigenvalue weighted by atomic mass is 127. The van der Waals surface area contributed by atoms with Crippen LogP contribution in [-0.2, 0) is 19.6 Å². The fraction of sp³-hybridized carbons (Fsp3) is 0.320. The first kappa shape index (κ1) is 25.5. The minimum atomic E-state index is -0.0242. The maximum Gasteiger partial charge on any atom is 0.321 e. The minimum Gasteiger partial charge on any atom is -0.352 e. The van der Waals surface area contributed by atoms with Gasteiger partial charge in [0.05, 0.1) is 6.54 Å². The van der Waals surface area contributed by atoms with Gasteiger partial charge >= 0.3 is 6.03 Å². The maximum absolute atomic E-state index is 12.4. The zero-order valence-electron chi connectivity index (χ0n) is 19.4. The van der Waals surface area contributed by atoms with E-state index in [1.807, 2.05) is 58.2 Å². The van der Waals surface area contributed by atoms with Crippen LogP contribution in [0.2, 0.25) is 0 Å². The summed E-state index contributed by atoms with van der Waals surface area (Å²) < 4.78 is 1.92. The first-order chi connectivity index (χ1) is 16.2. The van der Waals surface area contributed by atoms with Crippen molar-refractivity contribution in [1.29, 1.82) is 0 Å². The molecule has 2 heterocycles. The number of rotatable bonds is 7. The Morgan fingerprint density at radius 3 is 2.50 bits per heavy atom. The van der Waals surface area contributed by atoms with E-state index in [-0.39, 0.29) is 30.0 Å². The van der Waals surface area contributed by atoms with Crippen molar-refractivity contribution < 1.29 is 4.79 Å². The Morgan fingerprint density at radius 2 is 1.76 bits per heavy atom. The van der Waals surface area contributed by atoms with E-state index in [4.69, 9.17) is 0 Å². The first-order valence-electron chi connectivity index (χ1n) is 11.3. The predicted octanol–water partition coefficient (Wildman–Crippen LogP) is 4.04. The normalized spacial score (nSPS) is 13.3. The highest BCUT2D eigenvalue weighted by Crippen LogP contribution is 2.14. The van der Waals surface area contributed by atoms with Crippen molar-refractivity contribution in [2.45, 2.75) is 32.5 Å². The van der Waals surface area contributed by atoms with E-state index in [1.165, 1.54) is 11.1 Å². The Balaban J connectivity index is 0.00000324. The van der Waals surface area contributed by atoms with Gasteiger partial charge in [-0.1, -0.05) is 36.4 Å². The monoisotopic (exact) mass is 573 g/mol. The van der Waals surface area contributed by atoms with Crippen LogP contribution in [0.15, 0.2) is 72.0 Å². The second-order valence-corrected chi connectivity index (χ2v) is 8.08. The van der Waals surface area contributed by atoms with E-state index >= 15 is 0 Å². The number of hydrogen-bond acceptors (Lipinski definition) is 3. The number of aromatic nitrogens is 2. The van der Waals surface area contributed by atoms with Gasteiger partial charge < -0.3 is 20.9 Å². The Labute approximate surface area is 217 Å². The van der Waals surface area contributed by atoms with Crippen LogP contribution in [0.4, 0.5) is 10.5 Å². The number of carbonyl (C=O) groups is 1. The molecule has 9 heteroatoms. The summed E-state index contributed by atoms with van der Waals surface area (Å²) in [6.45, 7) is 3.65. The SMILES string of the molecule is CN=C(NCc1cccc(NC(=O)N2CCCC2)c1)NCc1ccccc1Cn1cccn1.I. The summed E-state index contributed by atoms with van der Waals surface area (Å²) in [5, 5.41) is 14.1. The number of nitrogens with zero attached hydrogens (tertiary/aromatic N) is 4. The Bertz CT molecular complexity index is 1080. The standard InChI is InChI=1S/C25H31N7O.HI/c1-26-24(28-18-21-9-2-3-10-22(21)19-32-15-7-12-29-32)27-17-20-8-6-11-23(16-20)30-25(33)31-13-4-5-14-31;/h2-3,6-12,15-16H,4-5,13-14,17-19H2,1H3,(H,30,33)(H2,26,27,28);1H. The molecular formula is C25H32IN7O. The molecule has 0 atom stereocenters. The first-order valence-corrected chi connectivity index (χ1v) is 11.3. The highest BCUT2D eigenvalue weighted by Gasteiger charge is 2.17. The number of hydrogen-bond donors (Lipinski definition) is 3. The molecule has 3 N–H and O–H groups in total. The van der Waals surface area contributed by atoms with Gasteiger partial charge in [-0.3, -0.25) is 9.67 Å². The van der Waals surface area contributed by atoms with E-state index in [1.54, 1.807) is 13.2 Å². The van der Waals surface area contributed by atoms with Crippen LogP contribution in [0.1, 0.15) is 29.5 Å². The van der Waals surface area contributed by atoms with Crippen molar-refractivity contribution in [3.63, 3.8) is 0 Å². The lowest BCUT2D eigenvalue weighted by atomic mass is 10.1. The van der Waals surface area contributed by atoms with Gasteiger partial charge in [0, 0.05) is 51.3 Å². The number of nitrogens with one attached hydrogen (secondary N) is 3. The van der Waals surface area contributed by atoms with Crippen LogP contribution in [0.25, 0.3) is 0 Å². The number of urea groups is 1. The molecule has 0 bridgehead atoms. The summed E-state index contributed by atoms with van der Waals surface area (Å²) in [7, 11) is 1.76. The molecule has 1 aliphatic heterocycles. The van der Waals surface area contributed by atoms with Crippen molar-refractivity contribution >= 4 is 41.7 Å². The number of guanidine groups is 1. The van der Waals surface area contributed by atoms with Gasteiger partial charge in [-0.15, -0.1) is 24.0 Å². The van der Waals surface area contributed by atoms with E-state index in [2.05, 4.69) is 38.2 Å². The molecule has 2 aromatic carbocycles. The predicted molar refractivity (Wildman–Crippen MR) is 146 cm³/mol. The molecule has 0 radical (unpaired) electrons. The zero-order chi connectivity index (χ0) is 22.9. The van der Waals surface area contributed by atoms with Crippen LogP contribution in [0.5, 0.6) is 0 Å². The average molecular weight is 573 g/mol. The van der Waals surface area contributed by atoms with E-state index in [0.29, 0.717) is 13.1 Å². The molecule has 0 saturated carbocycles. The van der Waals surface area contributed by atoms with E-state index < -0.39 is 0 Å². The van der Waals surface area contributed by atoms with Crippen molar-refractivity contribution in [2.75, 3.05) is 25.5 Å². The molecule has 1 aromatic heterocycles. The van der Waals surface area contributed by atoms with Crippen molar-refractivity contribution in [2.24, 2.45) is 4.99 Å². The second kappa shape index (κ2) is 13.0. The number of halogens is 1. The summed E-state index contributed by atoms with van der Waals surface area (Å²) in [5.41, 5.74) is 4.28. The molecule has 180 valence electrons. The molecule has 1 aliphatic rings. The van der Waals surface area contributed by atoms with Gasteiger partial charge in [0.1, 0.15) is 0 Å². The molecule has 1 saturated heterocycles. The number of anilines is 1. The number of benzene rings is 2. The zero-order valence-corrected chi connectivity index (χ0v) is 21.7. The van der Waals surface area contributed by atoms with Gasteiger partial charge in [0.25, 0.3) is 0 Å². The molecule has 0 unspecified atom stereocenters. The highest BCUT2D eigenvalue weighted by molar-refractivity contribution is 14.0. The quantitative estimate of drug-likeness (QED) is 0.226. The smallest absolute Gasteiger partial charge is 0.321 e. The molecule has 1 fully saturated rings. The molecule has 3 aromatic rings. The third-order valence-corrected chi connectivity index (χ3v) is 5.71. The van der Waals surface area contributed by atoms with Gasteiger partial charge in [0.2, 0.25) is 0 Å². The summed E-state index contributed by atoms with van der Waals surface area (Å²) >= 11 is 0. The van der Waals surface area contributed by atoms with Crippen LogP contribution in [0.3, 0.4) is 0 Å². The third kappa shape index (κ3) is 7.21. The Hall–Kier alpha value is -3.08. The number of likely N-dealkylation sites (tertiary alicyclic amines) is 1. The van der Waals surface area contributed by atoms with Crippen LogP contribution >= 0.6 is 24.0 Å². The van der Waals surface area contributed by atoms with Crippen molar-refractivity contribution in [1.82, 2.24) is 25.3 Å². The Kier molecular flexibility index (Phi) is 9.75. The van der Waals surface area contributed by atoms with E-state index in [9.17, 15) is 4.79 Å². The van der Waals surface area contributed by atoms with Crippen molar-refractivity contribution in [3.05, 3.63) is 83.7 Å². The van der Waals surface area contributed by atoms with Gasteiger partial charge in [-0.05, 0) is 47.7 Å². The topological polar surface area (TPSA) is 86.6 Å². The minimum absolute atomic E-state index is 0.